The second-order valence-corrected chi connectivity index (χ2v) is 9.08. The van der Waals surface area contributed by atoms with Crippen molar-refractivity contribution in [2.45, 2.75) is 110 Å². The number of carbonyl (C=O) groups excluding carboxylic acids is 2. The molecule has 0 saturated heterocycles. The molecule has 0 radical (unpaired) electrons. The average Bonchev–Trinajstić information content (AvgIpc) is 2.71. The number of nitrogens with one attached hydrogen (secondary N) is 1. The van der Waals surface area contributed by atoms with Gasteiger partial charge >= 0.3 is 6.09 Å². The molecule has 4 nitrogen and oxygen atoms in total. The molecule has 0 fully saturated rings. The van der Waals surface area contributed by atoms with Gasteiger partial charge in [-0.1, -0.05) is 83.3 Å². The number of carbonyl (C=O) groups is 2. The predicted molar refractivity (Wildman–Crippen MR) is 128 cm³/mol. The lowest BCUT2D eigenvalue weighted by Gasteiger charge is -2.18. The second-order valence-electron chi connectivity index (χ2n) is 8.22. The second kappa shape index (κ2) is 16.3. The highest BCUT2D eigenvalue weighted by molar-refractivity contribution is 9.10. The van der Waals surface area contributed by atoms with E-state index in [-0.39, 0.29) is 6.10 Å². The maximum atomic E-state index is 12.5. The molecule has 0 heterocycles. The number of imide groups is 1. The first-order chi connectivity index (χ1) is 14.5. The zero-order valence-corrected chi connectivity index (χ0v) is 20.7. The van der Waals surface area contributed by atoms with Crippen LogP contribution >= 0.6 is 15.9 Å². The van der Waals surface area contributed by atoms with Crippen LogP contribution in [-0.2, 0) is 4.74 Å². The van der Waals surface area contributed by atoms with Crippen LogP contribution < -0.4 is 5.32 Å². The number of rotatable bonds is 15. The van der Waals surface area contributed by atoms with Crippen LogP contribution in [0.4, 0.5) is 4.79 Å². The van der Waals surface area contributed by atoms with Crippen molar-refractivity contribution in [1.29, 1.82) is 0 Å². The van der Waals surface area contributed by atoms with Crippen molar-refractivity contribution in [3.8, 4) is 0 Å². The topological polar surface area (TPSA) is 55.4 Å². The summed E-state index contributed by atoms with van der Waals surface area (Å²) in [6.45, 7) is 6.33. The van der Waals surface area contributed by atoms with Crippen LogP contribution in [0.15, 0.2) is 22.7 Å². The Hall–Kier alpha value is -1.36. The minimum absolute atomic E-state index is 0.119. The van der Waals surface area contributed by atoms with Gasteiger partial charge in [-0.3, -0.25) is 10.1 Å². The Morgan fingerprint density at radius 1 is 0.900 bits per heavy atom. The largest absolute Gasteiger partial charge is 0.446 e. The lowest BCUT2D eigenvalue weighted by atomic mass is 10.0. The predicted octanol–water partition coefficient (Wildman–Crippen LogP) is 8.10. The van der Waals surface area contributed by atoms with Crippen molar-refractivity contribution in [3.05, 3.63) is 33.8 Å². The van der Waals surface area contributed by atoms with E-state index in [0.29, 0.717) is 10.0 Å². The monoisotopic (exact) mass is 481 g/mol. The number of hydrogen-bond acceptors (Lipinski definition) is 3. The summed E-state index contributed by atoms with van der Waals surface area (Å²) in [5, 5.41) is 2.39. The Morgan fingerprint density at radius 2 is 1.43 bits per heavy atom. The summed E-state index contributed by atoms with van der Waals surface area (Å²) in [5.41, 5.74) is 1.41. The highest BCUT2D eigenvalue weighted by Crippen LogP contribution is 2.19. The Labute approximate surface area is 191 Å². The van der Waals surface area contributed by atoms with Crippen molar-refractivity contribution < 1.29 is 14.3 Å². The van der Waals surface area contributed by atoms with Gasteiger partial charge in [-0.15, -0.1) is 0 Å². The van der Waals surface area contributed by atoms with Crippen molar-refractivity contribution in [1.82, 2.24) is 5.32 Å². The van der Waals surface area contributed by atoms with E-state index < -0.39 is 12.0 Å². The van der Waals surface area contributed by atoms with E-state index in [1.807, 2.05) is 19.1 Å². The van der Waals surface area contributed by atoms with Gasteiger partial charge in [0.05, 0.1) is 5.56 Å². The maximum absolute atomic E-state index is 12.5. The van der Waals surface area contributed by atoms with Crippen molar-refractivity contribution >= 4 is 27.9 Å². The minimum Gasteiger partial charge on any atom is -0.446 e. The molecule has 0 aliphatic heterocycles. The van der Waals surface area contributed by atoms with Gasteiger partial charge in [0.25, 0.3) is 5.91 Å². The third kappa shape index (κ3) is 11.7. The van der Waals surface area contributed by atoms with Gasteiger partial charge < -0.3 is 4.74 Å². The summed E-state index contributed by atoms with van der Waals surface area (Å²) in [6.07, 6.45) is 14.2. The van der Waals surface area contributed by atoms with Crippen LogP contribution in [0.3, 0.4) is 0 Å². The Balaban J connectivity index is 2.49. The number of benzene rings is 1. The SMILES string of the molecule is CCCCCCCCCC(CCCCCC)OC(=O)NC(=O)c1cc(C)ccc1Br. The van der Waals surface area contributed by atoms with Crippen LogP contribution in [0.1, 0.15) is 113 Å². The number of alkyl carbamates (subject to hydrolysis) is 1. The van der Waals surface area contributed by atoms with E-state index in [1.165, 1.54) is 51.4 Å². The molecule has 0 aromatic heterocycles. The minimum atomic E-state index is -0.642. The third-order valence-corrected chi connectivity index (χ3v) is 6.06. The molecule has 1 rings (SSSR count). The number of unbranched alkanes of at least 4 members (excludes halogenated alkanes) is 9. The average molecular weight is 483 g/mol. The molecule has 1 atom stereocenters. The standard InChI is InChI=1S/C25H40BrNO3/c1-4-6-8-10-11-12-14-16-21(15-13-9-7-5-2)30-25(29)27-24(28)22-19-20(3)17-18-23(22)26/h17-19,21H,4-16H2,1-3H3,(H,27,28,29). The van der Waals surface area contributed by atoms with Crippen molar-refractivity contribution in [2.24, 2.45) is 0 Å². The first-order valence-corrected chi connectivity index (χ1v) is 12.5. The molecule has 0 aliphatic rings. The van der Waals surface area contributed by atoms with E-state index >= 15 is 0 Å². The molecule has 1 N–H and O–H groups in total. The Bertz CT molecular complexity index is 633. The molecule has 1 aromatic rings. The summed E-state index contributed by atoms with van der Waals surface area (Å²) in [7, 11) is 0. The molecular formula is C25H40BrNO3. The highest BCUT2D eigenvalue weighted by Gasteiger charge is 2.18. The molecule has 2 amide bonds. The quantitative estimate of drug-likeness (QED) is 0.257. The zero-order valence-electron chi connectivity index (χ0n) is 19.1. The number of ether oxygens (including phenoxy) is 1. The van der Waals surface area contributed by atoms with E-state index in [2.05, 4.69) is 35.1 Å². The molecular weight excluding hydrogens is 442 g/mol. The molecule has 0 spiro atoms. The Kier molecular flexibility index (Phi) is 14.5. The third-order valence-electron chi connectivity index (χ3n) is 5.37. The van der Waals surface area contributed by atoms with Crippen LogP contribution in [0.2, 0.25) is 0 Å². The smallest absolute Gasteiger partial charge is 0.414 e. The zero-order chi connectivity index (χ0) is 22.2. The lowest BCUT2D eigenvalue weighted by molar-refractivity contribution is 0.0752. The van der Waals surface area contributed by atoms with Gasteiger partial charge in [0.15, 0.2) is 0 Å². The molecule has 1 unspecified atom stereocenters. The fraction of sp³-hybridized carbons (Fsp3) is 0.680. The fourth-order valence-corrected chi connectivity index (χ4v) is 3.97. The number of amides is 2. The first-order valence-electron chi connectivity index (χ1n) is 11.8. The van der Waals surface area contributed by atoms with Gasteiger partial charge in [-0.25, -0.2) is 4.79 Å². The van der Waals surface area contributed by atoms with E-state index in [0.717, 1.165) is 37.7 Å². The maximum Gasteiger partial charge on any atom is 0.414 e. The van der Waals surface area contributed by atoms with E-state index in [1.54, 1.807) is 6.07 Å². The van der Waals surface area contributed by atoms with Gasteiger partial charge in [-0.2, -0.15) is 0 Å². The number of hydrogen-bond donors (Lipinski definition) is 1. The van der Waals surface area contributed by atoms with Crippen molar-refractivity contribution in [2.75, 3.05) is 0 Å². The van der Waals surface area contributed by atoms with Gasteiger partial charge in [-0.05, 0) is 60.7 Å². The van der Waals surface area contributed by atoms with Gasteiger partial charge in [0.1, 0.15) is 6.10 Å². The van der Waals surface area contributed by atoms with Crippen LogP contribution in [0.25, 0.3) is 0 Å². The van der Waals surface area contributed by atoms with Gasteiger partial charge in [0, 0.05) is 4.47 Å². The summed E-state index contributed by atoms with van der Waals surface area (Å²) in [5.74, 6) is -0.434. The summed E-state index contributed by atoms with van der Waals surface area (Å²) < 4.78 is 6.32. The van der Waals surface area contributed by atoms with Gasteiger partial charge in [0.2, 0.25) is 0 Å². The van der Waals surface area contributed by atoms with Crippen LogP contribution in [-0.4, -0.2) is 18.1 Å². The first kappa shape index (κ1) is 26.7. The summed E-state index contributed by atoms with van der Waals surface area (Å²) >= 11 is 3.37. The highest BCUT2D eigenvalue weighted by atomic mass is 79.9. The molecule has 0 saturated carbocycles. The van der Waals surface area contributed by atoms with Crippen LogP contribution in [0, 0.1) is 6.92 Å². The molecule has 170 valence electrons. The summed E-state index contributed by atoms with van der Waals surface area (Å²) in [6, 6.07) is 5.48. The lowest BCUT2D eigenvalue weighted by Crippen LogP contribution is -2.34. The number of halogens is 1. The molecule has 1 aromatic carbocycles. The molecule has 30 heavy (non-hydrogen) atoms. The molecule has 0 aliphatic carbocycles. The van der Waals surface area contributed by atoms with Crippen LogP contribution in [0.5, 0.6) is 0 Å². The van der Waals surface area contributed by atoms with Crippen molar-refractivity contribution in [3.63, 3.8) is 0 Å². The molecule has 5 heteroatoms. The molecule has 0 bridgehead atoms. The fourth-order valence-electron chi connectivity index (χ4n) is 3.54. The normalized spacial score (nSPS) is 11.9. The van der Waals surface area contributed by atoms with E-state index in [4.69, 9.17) is 4.74 Å². The van der Waals surface area contributed by atoms with E-state index in [9.17, 15) is 9.59 Å². The Morgan fingerprint density at radius 3 is 2.03 bits per heavy atom. The summed E-state index contributed by atoms with van der Waals surface area (Å²) in [4.78, 5) is 24.8. The number of aryl methyl sites for hydroxylation is 1.